The molecule has 3 rings (SSSR count). The minimum atomic E-state index is -1.21. The number of carbonyl (C=O) groups is 1. The van der Waals surface area contributed by atoms with Gasteiger partial charge in [-0.05, 0) is 76.0 Å². The van der Waals surface area contributed by atoms with Crippen LogP contribution in [0.15, 0.2) is 36.5 Å². The summed E-state index contributed by atoms with van der Waals surface area (Å²) in [7, 11) is 0. The number of rotatable bonds is 7. The molecule has 0 saturated carbocycles. The number of benzene rings is 1. The molecule has 0 amide bonds. The van der Waals surface area contributed by atoms with Crippen LogP contribution in [0.1, 0.15) is 37.0 Å². The average Bonchev–Trinajstić information content (AvgIpc) is 2.67. The van der Waals surface area contributed by atoms with E-state index in [4.69, 9.17) is 4.74 Å². The second-order valence-corrected chi connectivity index (χ2v) is 8.10. The Morgan fingerprint density at radius 3 is 2.66 bits per heavy atom. The first-order chi connectivity index (χ1) is 13.7. The molecule has 0 atom stereocenters. The highest BCUT2D eigenvalue weighted by molar-refractivity contribution is 5.94. The summed E-state index contributed by atoms with van der Waals surface area (Å²) in [6.07, 6.45) is 3.23. The van der Waals surface area contributed by atoms with E-state index in [1.807, 2.05) is 0 Å². The second kappa shape index (κ2) is 8.86. The van der Waals surface area contributed by atoms with E-state index >= 15 is 0 Å². The van der Waals surface area contributed by atoms with Gasteiger partial charge in [0.2, 0.25) is 0 Å². The van der Waals surface area contributed by atoms with Crippen LogP contribution in [0.2, 0.25) is 0 Å². The molecule has 0 bridgehead atoms. The summed E-state index contributed by atoms with van der Waals surface area (Å²) < 4.78 is 34.0. The average molecular weight is 404 g/mol. The van der Waals surface area contributed by atoms with Gasteiger partial charge in [-0.25, -0.2) is 13.6 Å². The van der Waals surface area contributed by atoms with Crippen molar-refractivity contribution in [3.63, 3.8) is 0 Å². The fraction of sp³-hybridized carbons (Fsp3) is 0.455. The smallest absolute Gasteiger partial charge is 0.337 e. The minimum Gasteiger partial charge on any atom is -0.490 e. The van der Waals surface area contributed by atoms with Crippen LogP contribution in [-0.4, -0.2) is 52.9 Å². The van der Waals surface area contributed by atoms with Gasteiger partial charge in [-0.1, -0.05) is 0 Å². The molecule has 1 aromatic heterocycles. The molecule has 156 valence electrons. The van der Waals surface area contributed by atoms with E-state index in [1.54, 1.807) is 19.9 Å². The van der Waals surface area contributed by atoms with Crippen molar-refractivity contribution in [1.82, 2.24) is 9.88 Å². The Morgan fingerprint density at radius 2 is 2.03 bits per heavy atom. The van der Waals surface area contributed by atoms with Gasteiger partial charge in [0.15, 0.2) is 11.6 Å². The summed E-state index contributed by atoms with van der Waals surface area (Å²) in [6.45, 7) is 5.59. The van der Waals surface area contributed by atoms with Crippen LogP contribution in [0.4, 0.5) is 8.78 Å². The van der Waals surface area contributed by atoms with Crippen LogP contribution in [0.25, 0.3) is 11.3 Å². The number of carboxylic acid groups (broad SMARTS) is 1. The lowest BCUT2D eigenvalue weighted by atomic mass is 9.97. The normalized spacial score (nSPS) is 16.0. The number of alkyl halides is 1. The minimum absolute atomic E-state index is 0.0174. The molecule has 1 N–H and O–H groups in total. The van der Waals surface area contributed by atoms with E-state index in [0.29, 0.717) is 24.6 Å². The molecular formula is C22H26F2N2O3. The van der Waals surface area contributed by atoms with Crippen LogP contribution in [0.5, 0.6) is 5.75 Å². The lowest BCUT2D eigenvalue weighted by Crippen LogP contribution is -2.41. The first kappa shape index (κ1) is 21.2. The zero-order valence-corrected chi connectivity index (χ0v) is 16.7. The third-order valence-electron chi connectivity index (χ3n) is 5.02. The van der Waals surface area contributed by atoms with Crippen LogP contribution in [0, 0.1) is 11.7 Å². The van der Waals surface area contributed by atoms with E-state index < -0.39 is 17.5 Å². The van der Waals surface area contributed by atoms with Crippen LogP contribution < -0.4 is 4.74 Å². The molecule has 2 aromatic rings. The number of halogens is 2. The van der Waals surface area contributed by atoms with Crippen molar-refractivity contribution in [3.8, 4) is 17.0 Å². The molecule has 0 radical (unpaired) electrons. The summed E-state index contributed by atoms with van der Waals surface area (Å²) in [5, 5.41) is 9.28. The number of hydrogen-bond donors (Lipinski definition) is 1. The maximum atomic E-state index is 14.5. The summed E-state index contributed by atoms with van der Waals surface area (Å²) in [5.41, 5.74) is -0.588. The van der Waals surface area contributed by atoms with Crippen molar-refractivity contribution in [1.29, 1.82) is 0 Å². The molecule has 1 aliphatic rings. The van der Waals surface area contributed by atoms with Crippen molar-refractivity contribution < 1.29 is 23.4 Å². The van der Waals surface area contributed by atoms with Gasteiger partial charge in [-0.3, -0.25) is 4.98 Å². The number of likely N-dealkylation sites (tertiary alicyclic amines) is 1. The second-order valence-electron chi connectivity index (χ2n) is 8.10. The third-order valence-corrected chi connectivity index (χ3v) is 5.02. The SMILES string of the molecule is CC(C)(F)CN1CCC(COc2ccc(-c3ncccc3C(=O)O)cc2F)CC1. The molecule has 2 heterocycles. The van der Waals surface area contributed by atoms with Crippen LogP contribution in [-0.2, 0) is 0 Å². The Hall–Kier alpha value is -2.54. The van der Waals surface area contributed by atoms with Crippen molar-refractivity contribution in [2.75, 3.05) is 26.2 Å². The number of hydrogen-bond acceptors (Lipinski definition) is 4. The largest absolute Gasteiger partial charge is 0.490 e. The molecule has 1 saturated heterocycles. The molecule has 29 heavy (non-hydrogen) atoms. The summed E-state index contributed by atoms with van der Waals surface area (Å²) in [5.74, 6) is -1.24. The highest BCUT2D eigenvalue weighted by Crippen LogP contribution is 2.28. The standard InChI is InChI=1S/C22H26F2N2O3/c1-22(2,24)14-26-10-7-15(8-11-26)13-29-19-6-5-16(12-18(19)23)20-17(21(27)28)4-3-9-25-20/h3-6,9,12,15H,7-8,10-11,13-14H2,1-2H3,(H,27,28). The molecular weight excluding hydrogens is 378 g/mol. The predicted octanol–water partition coefficient (Wildman–Crippen LogP) is 4.42. The topological polar surface area (TPSA) is 62.7 Å². The van der Waals surface area contributed by atoms with Crippen LogP contribution in [0.3, 0.4) is 0 Å². The van der Waals surface area contributed by atoms with E-state index in [0.717, 1.165) is 25.9 Å². The number of carboxylic acids is 1. The Kier molecular flexibility index (Phi) is 6.47. The summed E-state index contributed by atoms with van der Waals surface area (Å²) in [6, 6.07) is 7.32. The number of pyridine rings is 1. The van der Waals surface area contributed by atoms with E-state index in [2.05, 4.69) is 9.88 Å². The summed E-state index contributed by atoms with van der Waals surface area (Å²) >= 11 is 0. The molecule has 1 fully saturated rings. The zero-order chi connectivity index (χ0) is 21.0. The van der Waals surface area contributed by atoms with Gasteiger partial charge in [-0.2, -0.15) is 0 Å². The molecule has 5 nitrogen and oxygen atoms in total. The van der Waals surface area contributed by atoms with E-state index in [9.17, 15) is 18.7 Å². The fourth-order valence-electron chi connectivity index (χ4n) is 3.62. The Balaban J connectivity index is 1.59. The number of aromatic carboxylic acids is 1. The Labute approximate surface area is 169 Å². The Morgan fingerprint density at radius 1 is 1.31 bits per heavy atom. The lowest BCUT2D eigenvalue weighted by Gasteiger charge is -2.34. The monoisotopic (exact) mass is 404 g/mol. The zero-order valence-electron chi connectivity index (χ0n) is 16.7. The predicted molar refractivity (Wildman–Crippen MR) is 106 cm³/mol. The lowest BCUT2D eigenvalue weighted by molar-refractivity contribution is 0.0697. The third kappa shape index (κ3) is 5.73. The van der Waals surface area contributed by atoms with Crippen molar-refractivity contribution in [2.24, 2.45) is 5.92 Å². The van der Waals surface area contributed by atoms with Crippen molar-refractivity contribution in [3.05, 3.63) is 47.9 Å². The quantitative estimate of drug-likeness (QED) is 0.740. The molecule has 1 aliphatic heterocycles. The van der Waals surface area contributed by atoms with E-state index in [1.165, 1.54) is 30.5 Å². The summed E-state index contributed by atoms with van der Waals surface area (Å²) in [4.78, 5) is 17.5. The Bertz CT molecular complexity index is 859. The van der Waals surface area contributed by atoms with Crippen LogP contribution >= 0.6 is 0 Å². The van der Waals surface area contributed by atoms with Gasteiger partial charge >= 0.3 is 5.97 Å². The van der Waals surface area contributed by atoms with E-state index in [-0.39, 0.29) is 17.0 Å². The number of nitrogens with zero attached hydrogens (tertiary/aromatic N) is 2. The number of ether oxygens (including phenoxy) is 1. The number of aromatic nitrogens is 1. The maximum Gasteiger partial charge on any atom is 0.337 e. The van der Waals surface area contributed by atoms with Crippen molar-refractivity contribution >= 4 is 5.97 Å². The first-order valence-electron chi connectivity index (χ1n) is 9.75. The first-order valence-corrected chi connectivity index (χ1v) is 9.75. The number of piperidine rings is 1. The van der Waals surface area contributed by atoms with Gasteiger partial charge in [0.25, 0.3) is 0 Å². The highest BCUT2D eigenvalue weighted by atomic mass is 19.1. The highest BCUT2D eigenvalue weighted by Gasteiger charge is 2.25. The van der Waals surface area contributed by atoms with Gasteiger partial charge < -0.3 is 14.7 Å². The molecule has 1 aromatic carbocycles. The molecule has 0 spiro atoms. The molecule has 0 aliphatic carbocycles. The van der Waals surface area contributed by atoms with Gasteiger partial charge in [0.1, 0.15) is 5.67 Å². The van der Waals surface area contributed by atoms with Gasteiger partial charge in [0.05, 0.1) is 17.9 Å². The molecule has 7 heteroatoms. The molecule has 0 unspecified atom stereocenters. The van der Waals surface area contributed by atoms with Gasteiger partial charge in [-0.15, -0.1) is 0 Å². The fourth-order valence-corrected chi connectivity index (χ4v) is 3.62. The van der Waals surface area contributed by atoms with Crippen molar-refractivity contribution in [2.45, 2.75) is 32.4 Å². The van der Waals surface area contributed by atoms with Gasteiger partial charge in [0, 0.05) is 18.3 Å². The maximum absolute atomic E-state index is 14.5.